The molecule has 0 fully saturated rings. The SMILES string of the molecule is CN(C)S(=O)(=O)c1ccc(CNS(=O)(=O)c2cnn(-c3ccccc3)c2)s1. The predicted molar refractivity (Wildman–Crippen MR) is 103 cm³/mol. The molecule has 2 aromatic heterocycles. The van der Waals surface area contributed by atoms with Crippen molar-refractivity contribution < 1.29 is 16.8 Å². The lowest BCUT2D eigenvalue weighted by Crippen LogP contribution is -2.22. The van der Waals surface area contributed by atoms with E-state index in [9.17, 15) is 16.8 Å². The van der Waals surface area contributed by atoms with Crippen LogP contribution in [0.4, 0.5) is 0 Å². The molecule has 144 valence electrons. The van der Waals surface area contributed by atoms with E-state index in [1.807, 2.05) is 30.3 Å². The molecule has 0 unspecified atom stereocenters. The molecule has 0 aliphatic rings. The molecule has 0 bridgehead atoms. The summed E-state index contributed by atoms with van der Waals surface area (Å²) in [6.07, 6.45) is 2.69. The third-order valence-corrected chi connectivity index (χ3v) is 8.42. The molecule has 8 nitrogen and oxygen atoms in total. The highest BCUT2D eigenvalue weighted by atomic mass is 32.2. The van der Waals surface area contributed by atoms with E-state index in [0.29, 0.717) is 4.88 Å². The number of aromatic nitrogens is 2. The quantitative estimate of drug-likeness (QED) is 0.619. The minimum Gasteiger partial charge on any atom is -0.240 e. The number of sulfonamides is 2. The number of rotatable bonds is 7. The van der Waals surface area contributed by atoms with Crippen LogP contribution in [0.2, 0.25) is 0 Å². The van der Waals surface area contributed by atoms with E-state index in [-0.39, 0.29) is 15.6 Å². The fourth-order valence-corrected chi connectivity index (χ4v) is 5.68. The summed E-state index contributed by atoms with van der Waals surface area (Å²) in [7, 11) is -4.41. The topological polar surface area (TPSA) is 101 Å². The Labute approximate surface area is 162 Å². The average molecular weight is 427 g/mol. The first-order chi connectivity index (χ1) is 12.7. The van der Waals surface area contributed by atoms with Gasteiger partial charge in [0.25, 0.3) is 10.0 Å². The molecule has 0 saturated heterocycles. The summed E-state index contributed by atoms with van der Waals surface area (Å²) in [5.41, 5.74) is 0.746. The van der Waals surface area contributed by atoms with Gasteiger partial charge < -0.3 is 0 Å². The number of thiophene rings is 1. The van der Waals surface area contributed by atoms with Crippen molar-refractivity contribution in [1.29, 1.82) is 0 Å². The Kier molecular flexibility index (Phi) is 5.49. The van der Waals surface area contributed by atoms with Crippen LogP contribution in [0.5, 0.6) is 0 Å². The Balaban J connectivity index is 1.73. The lowest BCUT2D eigenvalue weighted by molar-refractivity contribution is 0.523. The fraction of sp³-hybridized carbons (Fsp3) is 0.188. The van der Waals surface area contributed by atoms with Gasteiger partial charge in [0.2, 0.25) is 10.0 Å². The number of hydrogen-bond donors (Lipinski definition) is 1. The van der Waals surface area contributed by atoms with Gasteiger partial charge in [0.05, 0.1) is 18.1 Å². The van der Waals surface area contributed by atoms with Gasteiger partial charge in [-0.05, 0) is 24.3 Å². The van der Waals surface area contributed by atoms with Gasteiger partial charge in [-0.1, -0.05) is 18.2 Å². The van der Waals surface area contributed by atoms with Crippen LogP contribution in [0, 0.1) is 0 Å². The molecule has 0 spiro atoms. The van der Waals surface area contributed by atoms with E-state index < -0.39 is 20.0 Å². The molecule has 2 heterocycles. The first-order valence-electron chi connectivity index (χ1n) is 7.81. The monoisotopic (exact) mass is 426 g/mol. The third kappa shape index (κ3) is 4.28. The van der Waals surface area contributed by atoms with E-state index >= 15 is 0 Å². The highest BCUT2D eigenvalue weighted by Crippen LogP contribution is 2.24. The number of benzene rings is 1. The molecular formula is C16H18N4O4S3. The molecule has 0 atom stereocenters. The molecule has 3 aromatic rings. The van der Waals surface area contributed by atoms with Crippen LogP contribution < -0.4 is 4.72 Å². The van der Waals surface area contributed by atoms with Crippen LogP contribution in [0.25, 0.3) is 5.69 Å². The third-order valence-electron chi connectivity index (χ3n) is 3.70. The van der Waals surface area contributed by atoms with E-state index in [4.69, 9.17) is 0 Å². The second kappa shape index (κ2) is 7.52. The van der Waals surface area contributed by atoms with Crippen LogP contribution in [-0.4, -0.2) is 45.0 Å². The average Bonchev–Trinajstić information content (AvgIpc) is 3.31. The maximum Gasteiger partial charge on any atom is 0.252 e. The summed E-state index contributed by atoms with van der Waals surface area (Å²) in [5.74, 6) is 0. The summed E-state index contributed by atoms with van der Waals surface area (Å²) >= 11 is 1.03. The Morgan fingerprint density at radius 1 is 1.07 bits per heavy atom. The first-order valence-corrected chi connectivity index (χ1v) is 11.5. The maximum absolute atomic E-state index is 12.5. The van der Waals surface area contributed by atoms with Crippen LogP contribution in [0.3, 0.4) is 0 Å². The molecule has 0 radical (unpaired) electrons. The number of para-hydroxylation sites is 1. The van der Waals surface area contributed by atoms with Gasteiger partial charge in [-0.2, -0.15) is 5.10 Å². The Hall–Kier alpha value is -2.05. The van der Waals surface area contributed by atoms with E-state index in [1.54, 1.807) is 6.07 Å². The van der Waals surface area contributed by atoms with Crippen molar-refractivity contribution in [2.45, 2.75) is 15.6 Å². The van der Waals surface area contributed by atoms with Crippen LogP contribution >= 0.6 is 11.3 Å². The lowest BCUT2D eigenvalue weighted by Gasteiger charge is -2.08. The van der Waals surface area contributed by atoms with Gasteiger partial charge >= 0.3 is 0 Å². The van der Waals surface area contributed by atoms with Crippen molar-refractivity contribution in [1.82, 2.24) is 18.8 Å². The minimum atomic E-state index is -3.77. The van der Waals surface area contributed by atoms with Crippen LogP contribution in [-0.2, 0) is 26.6 Å². The molecule has 0 aliphatic heterocycles. The molecule has 0 saturated carbocycles. The highest BCUT2D eigenvalue weighted by molar-refractivity contribution is 7.91. The van der Waals surface area contributed by atoms with E-state index in [0.717, 1.165) is 21.3 Å². The molecule has 0 aliphatic carbocycles. The molecule has 0 amide bonds. The predicted octanol–water partition coefficient (Wildman–Crippen LogP) is 1.66. The first kappa shape index (κ1) is 19.7. The summed E-state index contributed by atoms with van der Waals surface area (Å²) in [4.78, 5) is 0.624. The van der Waals surface area contributed by atoms with Crippen LogP contribution in [0.15, 0.2) is 64.0 Å². The molecule has 1 N–H and O–H groups in total. The van der Waals surface area contributed by atoms with E-state index in [2.05, 4.69) is 9.82 Å². The van der Waals surface area contributed by atoms with Crippen LogP contribution in [0.1, 0.15) is 4.88 Å². The highest BCUT2D eigenvalue weighted by Gasteiger charge is 2.21. The summed E-state index contributed by atoms with van der Waals surface area (Å²) in [6, 6.07) is 12.2. The lowest BCUT2D eigenvalue weighted by atomic mass is 10.3. The van der Waals surface area contributed by atoms with Gasteiger partial charge in [-0.3, -0.25) is 0 Å². The number of nitrogens with one attached hydrogen (secondary N) is 1. The van der Waals surface area contributed by atoms with Crippen molar-refractivity contribution in [3.05, 3.63) is 59.7 Å². The van der Waals surface area contributed by atoms with Gasteiger partial charge in [0, 0.05) is 25.5 Å². The molecular weight excluding hydrogens is 408 g/mol. The Morgan fingerprint density at radius 3 is 2.44 bits per heavy atom. The Bertz CT molecular complexity index is 1130. The van der Waals surface area contributed by atoms with E-state index in [1.165, 1.54) is 37.2 Å². The Morgan fingerprint density at radius 2 is 1.78 bits per heavy atom. The summed E-state index contributed by atoms with van der Waals surface area (Å²) in [5, 5.41) is 4.08. The minimum absolute atomic E-state index is 0.00747. The standard InChI is InChI=1S/C16H18N4O4S3/c1-19(2)27(23,24)16-9-8-14(25-16)10-18-26(21,22)15-11-17-20(12-15)13-6-4-3-5-7-13/h3-9,11-12,18H,10H2,1-2H3. The zero-order valence-electron chi connectivity index (χ0n) is 14.6. The zero-order valence-corrected chi connectivity index (χ0v) is 17.1. The smallest absolute Gasteiger partial charge is 0.240 e. The second-order valence-corrected chi connectivity index (χ2v) is 11.1. The van der Waals surface area contributed by atoms with Crippen molar-refractivity contribution in [2.24, 2.45) is 0 Å². The molecule has 27 heavy (non-hydrogen) atoms. The maximum atomic E-state index is 12.5. The normalized spacial score (nSPS) is 12.6. The van der Waals surface area contributed by atoms with Crippen molar-refractivity contribution in [2.75, 3.05) is 14.1 Å². The van der Waals surface area contributed by atoms with Gasteiger partial charge in [0.15, 0.2) is 0 Å². The van der Waals surface area contributed by atoms with Gasteiger partial charge in [-0.15, -0.1) is 11.3 Å². The molecule has 3 rings (SSSR count). The largest absolute Gasteiger partial charge is 0.252 e. The van der Waals surface area contributed by atoms with Crippen molar-refractivity contribution >= 4 is 31.4 Å². The van der Waals surface area contributed by atoms with Gasteiger partial charge in [-0.25, -0.2) is 30.5 Å². The summed E-state index contributed by atoms with van der Waals surface area (Å²) in [6.45, 7) is -0.00747. The zero-order chi connectivity index (χ0) is 19.7. The molecule has 1 aromatic carbocycles. The number of nitrogens with zero attached hydrogens (tertiary/aromatic N) is 3. The molecule has 11 heteroatoms. The van der Waals surface area contributed by atoms with Crippen molar-refractivity contribution in [3.8, 4) is 5.69 Å². The number of hydrogen-bond acceptors (Lipinski definition) is 6. The second-order valence-electron chi connectivity index (χ2n) is 5.79. The summed E-state index contributed by atoms with van der Waals surface area (Å²) < 4.78 is 54.4. The van der Waals surface area contributed by atoms with Gasteiger partial charge in [0.1, 0.15) is 9.10 Å². The fourth-order valence-electron chi connectivity index (χ4n) is 2.19. The van der Waals surface area contributed by atoms with Crippen molar-refractivity contribution in [3.63, 3.8) is 0 Å².